The summed E-state index contributed by atoms with van der Waals surface area (Å²) in [6.45, 7) is 6.60. The number of likely N-dealkylation sites (tertiary alicyclic amines) is 1. The van der Waals surface area contributed by atoms with Crippen LogP contribution < -0.4 is 4.74 Å². The van der Waals surface area contributed by atoms with Gasteiger partial charge >= 0.3 is 12.1 Å². The minimum atomic E-state index is -0.504. The van der Waals surface area contributed by atoms with E-state index in [9.17, 15) is 4.79 Å². The fraction of sp³-hybridized carbons (Fsp3) is 0.667. The Morgan fingerprint density at radius 3 is 2.91 bits per heavy atom. The second-order valence-corrected chi connectivity index (χ2v) is 6.68. The topological polar surface area (TPSA) is 64.5 Å². The molecule has 22 heavy (non-hydrogen) atoms. The van der Waals surface area contributed by atoms with Crippen molar-refractivity contribution in [3.8, 4) is 6.01 Å². The van der Waals surface area contributed by atoms with Gasteiger partial charge in [-0.3, -0.25) is 0 Å². The number of rotatable bonds is 3. The molecule has 1 aromatic heterocycles. The molecule has 0 unspecified atom stereocenters. The van der Waals surface area contributed by atoms with Crippen LogP contribution in [-0.4, -0.2) is 45.8 Å². The molecule has 1 aliphatic heterocycles. The van der Waals surface area contributed by atoms with Gasteiger partial charge in [-0.2, -0.15) is 4.98 Å². The molecule has 1 atom stereocenters. The number of carbonyl (C=O) groups excluding carboxylic acids is 1. The standard InChI is InChI=1S/C15H22ClN3O3/c1-15(2,3)22-14(20)19-9-5-4-6-11(19)10-21-13-17-8-7-12(16)18-13/h7-8,11H,4-6,9-10H2,1-3H3/t11-/m1/s1. The van der Waals surface area contributed by atoms with E-state index in [1.54, 1.807) is 11.0 Å². The van der Waals surface area contributed by atoms with Crippen molar-refractivity contribution in [1.29, 1.82) is 0 Å². The molecule has 2 rings (SSSR count). The van der Waals surface area contributed by atoms with Gasteiger partial charge in [-0.05, 0) is 46.1 Å². The van der Waals surface area contributed by atoms with Crippen molar-refractivity contribution in [2.45, 2.75) is 51.7 Å². The van der Waals surface area contributed by atoms with Crippen LogP contribution in [0.25, 0.3) is 0 Å². The van der Waals surface area contributed by atoms with Crippen molar-refractivity contribution in [3.05, 3.63) is 17.4 Å². The minimum Gasteiger partial charge on any atom is -0.461 e. The van der Waals surface area contributed by atoms with E-state index in [4.69, 9.17) is 21.1 Å². The summed E-state index contributed by atoms with van der Waals surface area (Å²) in [5.41, 5.74) is -0.504. The van der Waals surface area contributed by atoms with Crippen molar-refractivity contribution >= 4 is 17.7 Å². The molecule has 0 N–H and O–H groups in total. The molecule has 1 saturated heterocycles. The monoisotopic (exact) mass is 327 g/mol. The summed E-state index contributed by atoms with van der Waals surface area (Å²) in [7, 11) is 0. The second-order valence-electron chi connectivity index (χ2n) is 6.30. The lowest BCUT2D eigenvalue weighted by atomic mass is 10.0. The average molecular weight is 328 g/mol. The van der Waals surface area contributed by atoms with Crippen LogP contribution in [-0.2, 0) is 4.74 Å². The van der Waals surface area contributed by atoms with Crippen molar-refractivity contribution in [2.24, 2.45) is 0 Å². The zero-order chi connectivity index (χ0) is 16.2. The van der Waals surface area contributed by atoms with Crippen LogP contribution in [0.5, 0.6) is 6.01 Å². The molecular formula is C15H22ClN3O3. The van der Waals surface area contributed by atoms with E-state index in [0.29, 0.717) is 18.3 Å². The molecule has 1 aromatic rings. The lowest BCUT2D eigenvalue weighted by Crippen LogP contribution is -2.48. The number of amides is 1. The molecule has 0 saturated carbocycles. The molecule has 1 fully saturated rings. The second kappa shape index (κ2) is 7.13. The molecule has 0 aromatic carbocycles. The van der Waals surface area contributed by atoms with E-state index >= 15 is 0 Å². The van der Waals surface area contributed by atoms with E-state index in [0.717, 1.165) is 19.3 Å². The summed E-state index contributed by atoms with van der Waals surface area (Å²) >= 11 is 5.80. The first-order valence-corrected chi connectivity index (χ1v) is 7.84. The maximum Gasteiger partial charge on any atom is 0.410 e. The number of halogens is 1. The number of carbonyl (C=O) groups is 1. The van der Waals surface area contributed by atoms with Crippen LogP contribution in [0.1, 0.15) is 40.0 Å². The number of aromatic nitrogens is 2. The van der Waals surface area contributed by atoms with Crippen molar-refractivity contribution in [2.75, 3.05) is 13.2 Å². The summed E-state index contributed by atoms with van der Waals surface area (Å²) in [5, 5.41) is 0.331. The zero-order valence-electron chi connectivity index (χ0n) is 13.2. The molecule has 0 aliphatic carbocycles. The van der Waals surface area contributed by atoms with Gasteiger partial charge < -0.3 is 14.4 Å². The van der Waals surface area contributed by atoms with E-state index in [1.807, 2.05) is 20.8 Å². The van der Waals surface area contributed by atoms with Crippen LogP contribution in [0.2, 0.25) is 5.15 Å². The minimum absolute atomic E-state index is 0.0359. The molecule has 2 heterocycles. The quantitative estimate of drug-likeness (QED) is 0.797. The smallest absolute Gasteiger partial charge is 0.410 e. The highest BCUT2D eigenvalue weighted by atomic mass is 35.5. The van der Waals surface area contributed by atoms with Gasteiger partial charge in [0.15, 0.2) is 0 Å². The number of nitrogens with zero attached hydrogens (tertiary/aromatic N) is 3. The van der Waals surface area contributed by atoms with E-state index < -0.39 is 5.60 Å². The van der Waals surface area contributed by atoms with Crippen molar-refractivity contribution in [1.82, 2.24) is 14.9 Å². The summed E-state index contributed by atoms with van der Waals surface area (Å²) in [6.07, 6.45) is 4.15. The normalized spacial score (nSPS) is 18.9. The van der Waals surface area contributed by atoms with Crippen molar-refractivity contribution in [3.63, 3.8) is 0 Å². The lowest BCUT2D eigenvalue weighted by molar-refractivity contribution is 0.00306. The first-order chi connectivity index (χ1) is 10.3. The predicted octanol–water partition coefficient (Wildman–Crippen LogP) is 3.30. The van der Waals surface area contributed by atoms with Gasteiger partial charge in [0.25, 0.3) is 0 Å². The highest BCUT2D eigenvalue weighted by Gasteiger charge is 2.31. The Morgan fingerprint density at radius 2 is 2.23 bits per heavy atom. The maximum atomic E-state index is 12.3. The maximum absolute atomic E-state index is 12.3. The molecular weight excluding hydrogens is 306 g/mol. The van der Waals surface area contributed by atoms with Gasteiger partial charge in [0.1, 0.15) is 17.4 Å². The molecule has 7 heteroatoms. The van der Waals surface area contributed by atoms with Gasteiger partial charge in [0.05, 0.1) is 6.04 Å². The summed E-state index contributed by atoms with van der Waals surface area (Å²) < 4.78 is 11.0. The van der Waals surface area contributed by atoms with Gasteiger partial charge in [-0.25, -0.2) is 9.78 Å². The highest BCUT2D eigenvalue weighted by Crippen LogP contribution is 2.21. The Bertz CT molecular complexity index is 519. The molecule has 1 amide bonds. The Kier molecular flexibility index (Phi) is 5.45. The largest absolute Gasteiger partial charge is 0.461 e. The van der Waals surface area contributed by atoms with Crippen LogP contribution in [0, 0.1) is 0 Å². The number of ether oxygens (including phenoxy) is 2. The molecule has 1 aliphatic rings. The van der Waals surface area contributed by atoms with Gasteiger partial charge in [-0.1, -0.05) is 11.6 Å². The molecule has 122 valence electrons. The summed E-state index contributed by atoms with van der Waals surface area (Å²) in [5.74, 6) is 0. The number of hydrogen-bond acceptors (Lipinski definition) is 5. The highest BCUT2D eigenvalue weighted by molar-refractivity contribution is 6.29. The summed E-state index contributed by atoms with van der Waals surface area (Å²) in [4.78, 5) is 22.0. The van der Waals surface area contributed by atoms with E-state index in [1.165, 1.54) is 6.20 Å². The van der Waals surface area contributed by atoms with Crippen molar-refractivity contribution < 1.29 is 14.3 Å². The fourth-order valence-electron chi connectivity index (χ4n) is 2.30. The first-order valence-electron chi connectivity index (χ1n) is 7.46. The zero-order valence-corrected chi connectivity index (χ0v) is 14.0. The van der Waals surface area contributed by atoms with Crippen LogP contribution in [0.15, 0.2) is 12.3 Å². The number of hydrogen-bond donors (Lipinski definition) is 0. The SMILES string of the molecule is CC(C)(C)OC(=O)N1CCCC[C@@H]1COc1nccc(Cl)n1. The third-order valence-corrected chi connectivity index (χ3v) is 3.47. The van der Waals surface area contributed by atoms with Gasteiger partial charge in [0, 0.05) is 12.7 Å². The first kappa shape index (κ1) is 16.8. The average Bonchev–Trinajstić information content (AvgIpc) is 2.44. The Balaban J connectivity index is 1.96. The molecule has 0 bridgehead atoms. The Hall–Kier alpha value is -1.56. The third kappa shape index (κ3) is 5.02. The number of piperidine rings is 1. The van der Waals surface area contributed by atoms with E-state index in [2.05, 4.69) is 9.97 Å². The fourth-order valence-corrected chi connectivity index (χ4v) is 2.42. The Morgan fingerprint density at radius 1 is 1.45 bits per heavy atom. The van der Waals surface area contributed by atoms with Crippen LogP contribution in [0.4, 0.5) is 4.79 Å². The van der Waals surface area contributed by atoms with E-state index in [-0.39, 0.29) is 18.1 Å². The predicted molar refractivity (Wildman–Crippen MR) is 83.1 cm³/mol. The lowest BCUT2D eigenvalue weighted by Gasteiger charge is -2.36. The molecule has 0 spiro atoms. The molecule has 6 nitrogen and oxygen atoms in total. The summed E-state index contributed by atoms with van der Waals surface area (Å²) in [6, 6.07) is 1.77. The third-order valence-electron chi connectivity index (χ3n) is 3.26. The van der Waals surface area contributed by atoms with Crippen LogP contribution in [0.3, 0.4) is 0 Å². The van der Waals surface area contributed by atoms with Gasteiger partial charge in [0.2, 0.25) is 0 Å². The van der Waals surface area contributed by atoms with Crippen LogP contribution >= 0.6 is 11.6 Å². The van der Waals surface area contributed by atoms with Gasteiger partial charge in [-0.15, -0.1) is 0 Å². The Labute approximate surface area is 135 Å². The molecule has 0 radical (unpaired) electrons.